The zero-order valence-electron chi connectivity index (χ0n) is 10.0. The highest BCUT2D eigenvalue weighted by Crippen LogP contribution is 2.17. The molecule has 1 aromatic heterocycles. The van der Waals surface area contributed by atoms with Crippen LogP contribution < -0.4 is 5.32 Å². The van der Waals surface area contributed by atoms with Crippen LogP contribution in [0.5, 0.6) is 0 Å². The largest absolute Gasteiger partial charge is 0.306 e. The molecule has 0 unspecified atom stereocenters. The second-order valence-corrected chi connectivity index (χ2v) is 4.99. The summed E-state index contributed by atoms with van der Waals surface area (Å²) >= 11 is 3.14. The summed E-state index contributed by atoms with van der Waals surface area (Å²) in [6, 6.07) is 9.32. The second kappa shape index (κ2) is 6.07. The van der Waals surface area contributed by atoms with Crippen molar-refractivity contribution in [2.24, 2.45) is 0 Å². The second-order valence-electron chi connectivity index (χ2n) is 4.13. The van der Waals surface area contributed by atoms with Crippen LogP contribution in [0.25, 0.3) is 0 Å². The third kappa shape index (κ3) is 3.37. The van der Waals surface area contributed by atoms with E-state index in [-0.39, 0.29) is 11.9 Å². The van der Waals surface area contributed by atoms with Crippen molar-refractivity contribution < 1.29 is 4.39 Å². The van der Waals surface area contributed by atoms with Crippen molar-refractivity contribution >= 4 is 15.9 Å². The minimum absolute atomic E-state index is 0.208. The number of pyridine rings is 1. The summed E-state index contributed by atoms with van der Waals surface area (Å²) in [4.78, 5) is 3.98. The Hall–Kier alpha value is -1.26. The normalized spacial score (nSPS) is 12.4. The lowest BCUT2D eigenvalue weighted by Crippen LogP contribution is -2.18. The van der Waals surface area contributed by atoms with Gasteiger partial charge in [-0.3, -0.25) is 4.98 Å². The van der Waals surface area contributed by atoms with Crippen LogP contribution in [0, 0.1) is 5.82 Å². The molecule has 0 aliphatic carbocycles. The van der Waals surface area contributed by atoms with Gasteiger partial charge in [-0.2, -0.15) is 0 Å². The number of nitrogens with zero attached hydrogens (tertiary/aromatic N) is 1. The third-order valence-corrected chi connectivity index (χ3v) is 3.45. The molecule has 0 radical (unpaired) electrons. The van der Waals surface area contributed by atoms with Gasteiger partial charge in [-0.15, -0.1) is 0 Å². The van der Waals surface area contributed by atoms with Crippen molar-refractivity contribution in [1.82, 2.24) is 10.3 Å². The van der Waals surface area contributed by atoms with Gasteiger partial charge in [-0.25, -0.2) is 4.39 Å². The van der Waals surface area contributed by atoms with Gasteiger partial charge in [0.1, 0.15) is 5.82 Å². The molecule has 94 valence electrons. The first-order valence-corrected chi connectivity index (χ1v) is 6.53. The van der Waals surface area contributed by atoms with Crippen molar-refractivity contribution in [3.8, 4) is 0 Å². The number of halogens is 2. The van der Waals surface area contributed by atoms with E-state index in [9.17, 15) is 4.39 Å². The van der Waals surface area contributed by atoms with Gasteiger partial charge in [0.25, 0.3) is 0 Å². The molecular formula is C14H14BrFN2. The number of hydrogen-bond donors (Lipinski definition) is 1. The van der Waals surface area contributed by atoms with Crippen molar-refractivity contribution in [1.29, 1.82) is 0 Å². The lowest BCUT2D eigenvalue weighted by atomic mass is 10.1. The lowest BCUT2D eigenvalue weighted by Gasteiger charge is -2.14. The smallest absolute Gasteiger partial charge is 0.137 e. The predicted molar refractivity (Wildman–Crippen MR) is 73.6 cm³/mol. The monoisotopic (exact) mass is 308 g/mol. The van der Waals surface area contributed by atoms with Crippen LogP contribution in [-0.4, -0.2) is 4.98 Å². The lowest BCUT2D eigenvalue weighted by molar-refractivity contribution is 0.568. The molecule has 1 N–H and O–H groups in total. The van der Waals surface area contributed by atoms with Crippen LogP contribution in [0.4, 0.5) is 4.39 Å². The van der Waals surface area contributed by atoms with Gasteiger partial charge in [-0.05, 0) is 58.2 Å². The molecular weight excluding hydrogens is 295 g/mol. The van der Waals surface area contributed by atoms with Crippen LogP contribution in [0.1, 0.15) is 24.1 Å². The van der Waals surface area contributed by atoms with E-state index in [1.165, 1.54) is 11.6 Å². The van der Waals surface area contributed by atoms with E-state index < -0.39 is 0 Å². The van der Waals surface area contributed by atoms with Crippen LogP contribution in [-0.2, 0) is 6.54 Å². The van der Waals surface area contributed by atoms with Crippen molar-refractivity contribution in [2.75, 3.05) is 0 Å². The van der Waals surface area contributed by atoms with Crippen LogP contribution in [0.15, 0.2) is 47.2 Å². The molecule has 0 saturated carbocycles. The molecule has 0 bridgehead atoms. The molecule has 1 heterocycles. The molecule has 4 heteroatoms. The Morgan fingerprint density at radius 1 is 1.28 bits per heavy atom. The fourth-order valence-corrected chi connectivity index (χ4v) is 1.94. The first kappa shape index (κ1) is 13.2. The summed E-state index contributed by atoms with van der Waals surface area (Å²) in [6.07, 6.45) is 3.54. The van der Waals surface area contributed by atoms with E-state index in [2.05, 4.69) is 33.2 Å². The Morgan fingerprint density at radius 3 is 2.67 bits per heavy atom. The molecule has 1 atom stereocenters. The maximum absolute atomic E-state index is 13.3. The molecule has 0 fully saturated rings. The van der Waals surface area contributed by atoms with E-state index in [0.29, 0.717) is 11.0 Å². The molecule has 18 heavy (non-hydrogen) atoms. The van der Waals surface area contributed by atoms with Gasteiger partial charge in [-0.1, -0.05) is 6.07 Å². The van der Waals surface area contributed by atoms with E-state index in [4.69, 9.17) is 0 Å². The minimum Gasteiger partial charge on any atom is -0.306 e. The average Bonchev–Trinajstić information content (AvgIpc) is 2.41. The number of rotatable bonds is 4. The molecule has 1 aromatic carbocycles. The third-order valence-electron chi connectivity index (χ3n) is 2.80. The highest BCUT2D eigenvalue weighted by molar-refractivity contribution is 9.10. The maximum atomic E-state index is 13.3. The molecule has 0 saturated heterocycles. The Bertz CT molecular complexity index is 516. The molecule has 2 rings (SSSR count). The van der Waals surface area contributed by atoms with Crippen LogP contribution >= 0.6 is 15.9 Å². The Kier molecular flexibility index (Phi) is 4.44. The topological polar surface area (TPSA) is 24.9 Å². The number of benzene rings is 1. The van der Waals surface area contributed by atoms with Crippen LogP contribution in [0.3, 0.4) is 0 Å². The van der Waals surface area contributed by atoms with E-state index in [1.54, 1.807) is 18.5 Å². The zero-order valence-corrected chi connectivity index (χ0v) is 11.6. The number of hydrogen-bond acceptors (Lipinski definition) is 2. The summed E-state index contributed by atoms with van der Waals surface area (Å²) in [7, 11) is 0. The van der Waals surface area contributed by atoms with Gasteiger partial charge in [0, 0.05) is 25.0 Å². The Labute approximate surface area is 114 Å². The zero-order chi connectivity index (χ0) is 13.0. The average molecular weight is 309 g/mol. The number of aromatic nitrogens is 1. The van der Waals surface area contributed by atoms with Crippen molar-refractivity contribution in [3.05, 3.63) is 64.1 Å². The Morgan fingerprint density at radius 2 is 2.00 bits per heavy atom. The first-order chi connectivity index (χ1) is 8.66. The van der Waals surface area contributed by atoms with Gasteiger partial charge in [0.05, 0.1) is 4.47 Å². The molecule has 0 amide bonds. The highest BCUT2D eigenvalue weighted by atomic mass is 79.9. The minimum atomic E-state index is -0.231. The fourth-order valence-electron chi connectivity index (χ4n) is 1.69. The molecule has 0 spiro atoms. The van der Waals surface area contributed by atoms with Crippen LogP contribution in [0.2, 0.25) is 0 Å². The van der Waals surface area contributed by atoms with E-state index >= 15 is 0 Å². The van der Waals surface area contributed by atoms with Crippen molar-refractivity contribution in [3.63, 3.8) is 0 Å². The summed E-state index contributed by atoms with van der Waals surface area (Å²) in [5.74, 6) is -0.231. The van der Waals surface area contributed by atoms with E-state index in [0.717, 1.165) is 5.56 Å². The standard InChI is InChI=1S/C14H14BrFN2/c1-10(12-4-6-17-7-5-12)18-9-11-2-3-13(15)14(16)8-11/h2-8,10,18H,9H2,1H3/t10-/m0/s1. The molecule has 0 aliphatic heterocycles. The predicted octanol–water partition coefficient (Wildman–Crippen LogP) is 3.83. The number of nitrogens with one attached hydrogen (secondary N) is 1. The fraction of sp³-hybridized carbons (Fsp3) is 0.214. The van der Waals surface area contributed by atoms with Gasteiger partial charge in [0.15, 0.2) is 0 Å². The van der Waals surface area contributed by atoms with E-state index in [1.807, 2.05) is 18.2 Å². The summed E-state index contributed by atoms with van der Waals surface area (Å²) in [6.45, 7) is 2.71. The maximum Gasteiger partial charge on any atom is 0.137 e. The van der Waals surface area contributed by atoms with Gasteiger partial charge in [0.2, 0.25) is 0 Å². The SMILES string of the molecule is C[C@H](NCc1ccc(Br)c(F)c1)c1ccncc1. The first-order valence-electron chi connectivity index (χ1n) is 5.74. The van der Waals surface area contributed by atoms with Gasteiger partial charge < -0.3 is 5.32 Å². The van der Waals surface area contributed by atoms with Gasteiger partial charge >= 0.3 is 0 Å². The molecule has 0 aliphatic rings. The summed E-state index contributed by atoms with van der Waals surface area (Å²) in [5, 5.41) is 3.35. The molecule has 2 aromatic rings. The summed E-state index contributed by atoms with van der Waals surface area (Å²) < 4.78 is 13.8. The molecule has 2 nitrogen and oxygen atoms in total. The highest BCUT2D eigenvalue weighted by Gasteiger charge is 2.05. The Balaban J connectivity index is 1.97. The summed E-state index contributed by atoms with van der Waals surface area (Å²) in [5.41, 5.74) is 2.10. The quantitative estimate of drug-likeness (QED) is 0.928. The van der Waals surface area contributed by atoms with Crippen molar-refractivity contribution in [2.45, 2.75) is 19.5 Å².